The Hall–Kier alpha value is -1.56. The SMILES string of the molecule is CC1OCc2[nH]c(C(NC(=O)OC(C)(C)C)C(C)C)nc21. The number of imidazole rings is 1. The lowest BCUT2D eigenvalue weighted by atomic mass is 10.0. The van der Waals surface area contributed by atoms with E-state index >= 15 is 0 Å². The van der Waals surface area contributed by atoms with Gasteiger partial charge in [-0.15, -0.1) is 0 Å². The van der Waals surface area contributed by atoms with E-state index in [9.17, 15) is 4.79 Å². The number of hydrogen-bond donors (Lipinski definition) is 2. The summed E-state index contributed by atoms with van der Waals surface area (Å²) in [7, 11) is 0. The van der Waals surface area contributed by atoms with Gasteiger partial charge in [0.1, 0.15) is 11.4 Å². The van der Waals surface area contributed by atoms with E-state index in [0.717, 1.165) is 17.2 Å². The molecule has 0 saturated heterocycles. The van der Waals surface area contributed by atoms with Crippen molar-refractivity contribution in [3.8, 4) is 0 Å². The summed E-state index contributed by atoms with van der Waals surface area (Å²) in [5.74, 6) is 0.955. The second-order valence-corrected chi connectivity index (χ2v) is 6.81. The van der Waals surface area contributed by atoms with Crippen LogP contribution in [0.25, 0.3) is 0 Å². The van der Waals surface area contributed by atoms with Gasteiger partial charge in [-0.05, 0) is 33.6 Å². The molecule has 2 unspecified atom stereocenters. The molecule has 6 nitrogen and oxygen atoms in total. The Morgan fingerprint density at radius 1 is 1.48 bits per heavy atom. The van der Waals surface area contributed by atoms with Gasteiger partial charge in [0.15, 0.2) is 0 Å². The standard InChI is InChI=1S/C15H25N3O3/c1-8(2)11(18-14(19)21-15(4,5)6)13-16-10-7-20-9(3)12(10)17-13/h8-9,11H,7H2,1-6H3,(H,16,17)(H,18,19). The molecule has 0 radical (unpaired) electrons. The van der Waals surface area contributed by atoms with E-state index in [1.165, 1.54) is 0 Å². The quantitative estimate of drug-likeness (QED) is 0.897. The minimum absolute atomic E-state index is 0.000612. The number of amides is 1. The molecule has 1 amide bonds. The Kier molecular flexibility index (Phi) is 4.27. The van der Waals surface area contributed by atoms with E-state index in [0.29, 0.717) is 6.61 Å². The van der Waals surface area contributed by atoms with Crippen LogP contribution in [0.3, 0.4) is 0 Å². The minimum Gasteiger partial charge on any atom is -0.444 e. The van der Waals surface area contributed by atoms with Crippen LogP contribution in [0, 0.1) is 5.92 Å². The smallest absolute Gasteiger partial charge is 0.408 e. The molecule has 0 aromatic carbocycles. The van der Waals surface area contributed by atoms with E-state index in [4.69, 9.17) is 9.47 Å². The number of ether oxygens (including phenoxy) is 2. The molecule has 2 N–H and O–H groups in total. The van der Waals surface area contributed by atoms with Crippen LogP contribution in [0.5, 0.6) is 0 Å². The Labute approximate surface area is 125 Å². The highest BCUT2D eigenvalue weighted by atomic mass is 16.6. The third-order valence-corrected chi connectivity index (χ3v) is 3.33. The number of fused-ring (bicyclic) bond motifs is 1. The zero-order chi connectivity index (χ0) is 15.8. The van der Waals surface area contributed by atoms with Crippen molar-refractivity contribution in [1.29, 1.82) is 0 Å². The van der Waals surface area contributed by atoms with Gasteiger partial charge in [-0.1, -0.05) is 13.8 Å². The first-order valence-electron chi connectivity index (χ1n) is 7.37. The van der Waals surface area contributed by atoms with Crippen LogP contribution in [0.2, 0.25) is 0 Å². The van der Waals surface area contributed by atoms with Crippen LogP contribution in [0.4, 0.5) is 4.79 Å². The molecule has 2 atom stereocenters. The molecular weight excluding hydrogens is 270 g/mol. The Bertz CT molecular complexity index is 517. The first-order valence-corrected chi connectivity index (χ1v) is 7.37. The molecule has 0 bridgehead atoms. The lowest BCUT2D eigenvalue weighted by Crippen LogP contribution is -2.37. The highest BCUT2D eigenvalue weighted by molar-refractivity contribution is 5.68. The maximum absolute atomic E-state index is 12.0. The van der Waals surface area contributed by atoms with Crippen molar-refractivity contribution in [1.82, 2.24) is 15.3 Å². The summed E-state index contributed by atoms with van der Waals surface area (Å²) in [6.45, 7) is 12.1. The van der Waals surface area contributed by atoms with Gasteiger partial charge >= 0.3 is 6.09 Å². The van der Waals surface area contributed by atoms with E-state index in [1.54, 1.807) is 0 Å². The number of carbonyl (C=O) groups is 1. The summed E-state index contributed by atoms with van der Waals surface area (Å²) in [5, 5.41) is 2.90. The fourth-order valence-corrected chi connectivity index (χ4v) is 2.31. The maximum Gasteiger partial charge on any atom is 0.408 e. The molecule has 21 heavy (non-hydrogen) atoms. The highest BCUT2D eigenvalue weighted by Crippen LogP contribution is 2.30. The van der Waals surface area contributed by atoms with Gasteiger partial charge in [0, 0.05) is 0 Å². The van der Waals surface area contributed by atoms with Crippen molar-refractivity contribution in [3.05, 3.63) is 17.2 Å². The van der Waals surface area contributed by atoms with E-state index in [1.807, 2.05) is 41.5 Å². The summed E-state index contributed by atoms with van der Waals surface area (Å²) in [5.41, 5.74) is 1.41. The van der Waals surface area contributed by atoms with E-state index in [-0.39, 0.29) is 18.1 Å². The summed E-state index contributed by atoms with van der Waals surface area (Å²) >= 11 is 0. The number of hydrogen-bond acceptors (Lipinski definition) is 4. The summed E-state index contributed by atoms with van der Waals surface area (Å²) < 4.78 is 10.8. The highest BCUT2D eigenvalue weighted by Gasteiger charge is 2.29. The molecule has 0 spiro atoms. The number of nitrogens with zero attached hydrogens (tertiary/aromatic N) is 1. The number of nitrogens with one attached hydrogen (secondary N) is 2. The van der Waals surface area contributed by atoms with Gasteiger partial charge in [-0.2, -0.15) is 0 Å². The van der Waals surface area contributed by atoms with Crippen molar-refractivity contribution < 1.29 is 14.3 Å². The van der Waals surface area contributed by atoms with E-state index < -0.39 is 11.7 Å². The summed E-state index contributed by atoms with van der Waals surface area (Å²) in [6, 6.07) is -0.211. The molecule has 6 heteroatoms. The predicted molar refractivity (Wildman–Crippen MR) is 78.7 cm³/mol. The molecule has 2 rings (SSSR count). The van der Waals surface area contributed by atoms with Crippen molar-refractivity contribution >= 4 is 6.09 Å². The number of H-pyrrole nitrogens is 1. The average molecular weight is 295 g/mol. The third-order valence-electron chi connectivity index (χ3n) is 3.33. The molecular formula is C15H25N3O3. The van der Waals surface area contributed by atoms with Crippen LogP contribution in [0.15, 0.2) is 0 Å². The second-order valence-electron chi connectivity index (χ2n) is 6.81. The largest absolute Gasteiger partial charge is 0.444 e. The predicted octanol–water partition coefficient (Wildman–Crippen LogP) is 3.22. The number of aromatic nitrogens is 2. The molecule has 1 aromatic rings. The Morgan fingerprint density at radius 2 is 2.14 bits per heavy atom. The lowest BCUT2D eigenvalue weighted by molar-refractivity contribution is 0.0485. The second kappa shape index (κ2) is 5.67. The van der Waals surface area contributed by atoms with Crippen LogP contribution in [-0.4, -0.2) is 21.7 Å². The lowest BCUT2D eigenvalue weighted by Gasteiger charge is -2.24. The van der Waals surface area contributed by atoms with Gasteiger partial charge in [0.25, 0.3) is 0 Å². The molecule has 2 heterocycles. The Balaban J connectivity index is 2.13. The van der Waals surface area contributed by atoms with Crippen molar-refractivity contribution in [2.24, 2.45) is 5.92 Å². The molecule has 118 valence electrons. The zero-order valence-corrected chi connectivity index (χ0v) is 13.6. The number of alkyl carbamates (subject to hydrolysis) is 1. The maximum atomic E-state index is 12.0. The average Bonchev–Trinajstić information content (AvgIpc) is 2.86. The van der Waals surface area contributed by atoms with Crippen LogP contribution >= 0.6 is 0 Å². The molecule has 1 aromatic heterocycles. The first kappa shape index (κ1) is 15.8. The minimum atomic E-state index is -0.515. The topological polar surface area (TPSA) is 76.2 Å². The normalized spacial score (nSPS) is 19.5. The van der Waals surface area contributed by atoms with E-state index in [2.05, 4.69) is 15.3 Å². The van der Waals surface area contributed by atoms with Crippen molar-refractivity contribution in [2.45, 2.75) is 65.9 Å². The number of rotatable bonds is 3. The fraction of sp³-hybridized carbons (Fsp3) is 0.733. The Morgan fingerprint density at radius 3 is 2.67 bits per heavy atom. The van der Waals surface area contributed by atoms with Crippen molar-refractivity contribution in [3.63, 3.8) is 0 Å². The summed E-state index contributed by atoms with van der Waals surface area (Å²) in [4.78, 5) is 19.8. The zero-order valence-electron chi connectivity index (χ0n) is 13.6. The first-order chi connectivity index (χ1) is 9.67. The van der Waals surface area contributed by atoms with Gasteiger partial charge in [0.05, 0.1) is 30.1 Å². The van der Waals surface area contributed by atoms with Gasteiger partial charge in [-0.25, -0.2) is 9.78 Å². The molecule has 1 aliphatic heterocycles. The fourth-order valence-electron chi connectivity index (χ4n) is 2.31. The third kappa shape index (κ3) is 3.75. The van der Waals surface area contributed by atoms with Crippen molar-refractivity contribution in [2.75, 3.05) is 0 Å². The number of carbonyl (C=O) groups excluding carboxylic acids is 1. The van der Waals surface area contributed by atoms with Gasteiger partial charge in [0.2, 0.25) is 0 Å². The monoisotopic (exact) mass is 295 g/mol. The number of aromatic amines is 1. The molecule has 0 aliphatic carbocycles. The van der Waals surface area contributed by atoms with Gasteiger partial charge < -0.3 is 19.8 Å². The van der Waals surface area contributed by atoms with Crippen LogP contribution in [0.1, 0.15) is 70.9 Å². The van der Waals surface area contributed by atoms with Crippen LogP contribution < -0.4 is 5.32 Å². The van der Waals surface area contributed by atoms with Crippen LogP contribution in [-0.2, 0) is 16.1 Å². The molecule has 0 fully saturated rings. The molecule has 0 saturated carbocycles. The summed E-state index contributed by atoms with van der Waals surface area (Å²) in [6.07, 6.45) is -0.429. The molecule has 1 aliphatic rings. The van der Waals surface area contributed by atoms with Gasteiger partial charge in [-0.3, -0.25) is 0 Å².